The molecule has 0 aromatic rings. The second kappa shape index (κ2) is 5.69. The number of piperidine rings is 1. The maximum Gasteiger partial charge on any atom is 0.322 e. The summed E-state index contributed by atoms with van der Waals surface area (Å²) in [6, 6.07) is 0. The van der Waals surface area contributed by atoms with Gasteiger partial charge in [-0.3, -0.25) is 9.59 Å². The molecule has 1 amide bonds. The minimum Gasteiger partial charge on any atom is -0.465 e. The lowest BCUT2D eigenvalue weighted by molar-refractivity contribution is -0.140. The summed E-state index contributed by atoms with van der Waals surface area (Å²) in [6.07, 6.45) is 1.76. The van der Waals surface area contributed by atoms with Crippen molar-refractivity contribution in [3.05, 3.63) is 0 Å². The van der Waals surface area contributed by atoms with Crippen LogP contribution in [0.3, 0.4) is 0 Å². The monoisotopic (exact) mass is 304 g/mol. The minimum atomic E-state index is -3.61. The van der Waals surface area contributed by atoms with Crippen LogP contribution in [-0.4, -0.2) is 56.6 Å². The predicted molar refractivity (Wildman–Crippen MR) is 71.3 cm³/mol. The van der Waals surface area contributed by atoms with Crippen molar-refractivity contribution in [3.8, 4) is 0 Å². The Morgan fingerprint density at radius 3 is 2.55 bits per heavy atom. The van der Waals surface area contributed by atoms with Gasteiger partial charge in [-0.1, -0.05) is 0 Å². The molecule has 0 atom stereocenters. The second-order valence-electron chi connectivity index (χ2n) is 5.41. The number of rotatable bonds is 4. The summed E-state index contributed by atoms with van der Waals surface area (Å²) in [5.74, 6) is -1.29. The molecule has 0 aliphatic carbocycles. The summed E-state index contributed by atoms with van der Waals surface area (Å²) in [7, 11) is -3.61. The third-order valence-corrected chi connectivity index (χ3v) is 5.73. The maximum absolute atomic E-state index is 12.1. The highest BCUT2D eigenvalue weighted by Crippen LogP contribution is 2.38. The van der Waals surface area contributed by atoms with E-state index in [4.69, 9.17) is 0 Å². The average molecular weight is 304 g/mol. The minimum absolute atomic E-state index is 0.0350. The normalized spacial score (nSPS) is 22.8. The van der Waals surface area contributed by atoms with Crippen molar-refractivity contribution in [2.45, 2.75) is 26.2 Å². The average Bonchev–Trinajstić information content (AvgIpc) is 2.70. The first-order chi connectivity index (χ1) is 9.37. The van der Waals surface area contributed by atoms with Crippen molar-refractivity contribution in [2.24, 2.45) is 5.41 Å². The molecular formula is C12H20N2O5S. The van der Waals surface area contributed by atoms with Crippen LogP contribution in [-0.2, 0) is 24.3 Å². The third-order valence-electron chi connectivity index (χ3n) is 3.98. The summed E-state index contributed by atoms with van der Waals surface area (Å²) in [4.78, 5) is 22.6. The van der Waals surface area contributed by atoms with E-state index in [9.17, 15) is 18.0 Å². The van der Waals surface area contributed by atoms with Crippen LogP contribution in [0.5, 0.6) is 0 Å². The topological polar surface area (TPSA) is 92.8 Å². The van der Waals surface area contributed by atoms with Crippen LogP contribution < -0.4 is 5.32 Å². The van der Waals surface area contributed by atoms with Crippen molar-refractivity contribution in [2.75, 3.05) is 32.0 Å². The Balaban J connectivity index is 1.93. The first-order valence-corrected chi connectivity index (χ1v) is 8.38. The summed E-state index contributed by atoms with van der Waals surface area (Å²) < 4.78 is 30.2. The second-order valence-corrected chi connectivity index (χ2v) is 7.38. The number of nitrogens with one attached hydrogen (secondary N) is 1. The van der Waals surface area contributed by atoms with Gasteiger partial charge in [-0.05, 0) is 25.2 Å². The first-order valence-electron chi connectivity index (χ1n) is 6.77. The number of carbonyl (C=O) groups is 2. The molecule has 0 radical (unpaired) electrons. The van der Waals surface area contributed by atoms with Gasteiger partial charge in [0.25, 0.3) is 0 Å². The largest absolute Gasteiger partial charge is 0.465 e. The molecule has 2 fully saturated rings. The first kappa shape index (κ1) is 15.2. The van der Waals surface area contributed by atoms with Gasteiger partial charge in [0.15, 0.2) is 5.75 Å². The van der Waals surface area contributed by atoms with E-state index in [-0.39, 0.29) is 17.9 Å². The zero-order chi connectivity index (χ0) is 14.8. The van der Waals surface area contributed by atoms with Crippen molar-refractivity contribution >= 4 is 21.9 Å². The molecule has 2 heterocycles. The fourth-order valence-electron chi connectivity index (χ4n) is 2.79. The number of carbonyl (C=O) groups excluding carboxylic acids is 2. The molecule has 20 heavy (non-hydrogen) atoms. The molecule has 2 saturated heterocycles. The number of esters is 1. The van der Waals surface area contributed by atoms with Gasteiger partial charge < -0.3 is 10.1 Å². The standard InChI is InChI=1S/C12H20N2O5S/c1-2-19-11(16)8-20(17,18)14-5-3-12(4-6-14)7-10(15)13-9-12/h2-9H2,1H3,(H,13,15). The molecule has 2 aliphatic rings. The molecule has 114 valence electrons. The van der Waals surface area contributed by atoms with E-state index < -0.39 is 21.7 Å². The molecule has 0 aromatic heterocycles. The molecule has 0 unspecified atom stereocenters. The third kappa shape index (κ3) is 3.29. The SMILES string of the molecule is CCOC(=O)CS(=O)(=O)N1CCC2(CC1)CNC(=O)C2. The van der Waals surface area contributed by atoms with E-state index in [1.807, 2.05) is 0 Å². The molecule has 1 N–H and O–H groups in total. The Kier molecular flexibility index (Phi) is 4.33. The van der Waals surface area contributed by atoms with Gasteiger partial charge in [-0.25, -0.2) is 12.7 Å². The molecule has 2 rings (SSSR count). The fraction of sp³-hybridized carbons (Fsp3) is 0.833. The van der Waals surface area contributed by atoms with Crippen molar-refractivity contribution < 1.29 is 22.7 Å². The van der Waals surface area contributed by atoms with Gasteiger partial charge in [0, 0.05) is 26.1 Å². The van der Waals surface area contributed by atoms with Crippen LogP contribution in [0.15, 0.2) is 0 Å². The smallest absolute Gasteiger partial charge is 0.322 e. The van der Waals surface area contributed by atoms with Gasteiger partial charge in [0.1, 0.15) is 0 Å². The molecule has 7 nitrogen and oxygen atoms in total. The van der Waals surface area contributed by atoms with Gasteiger partial charge in [-0.15, -0.1) is 0 Å². The van der Waals surface area contributed by atoms with E-state index >= 15 is 0 Å². The molecular weight excluding hydrogens is 284 g/mol. The molecule has 0 saturated carbocycles. The lowest BCUT2D eigenvalue weighted by Gasteiger charge is -2.37. The number of hydrogen-bond acceptors (Lipinski definition) is 5. The highest BCUT2D eigenvalue weighted by molar-refractivity contribution is 7.89. The lowest BCUT2D eigenvalue weighted by Crippen LogP contribution is -2.45. The van der Waals surface area contributed by atoms with Crippen LogP contribution in [0.4, 0.5) is 0 Å². The van der Waals surface area contributed by atoms with E-state index in [1.165, 1.54) is 4.31 Å². The van der Waals surface area contributed by atoms with E-state index in [1.54, 1.807) is 6.92 Å². The van der Waals surface area contributed by atoms with Gasteiger partial charge in [0.2, 0.25) is 15.9 Å². The number of amides is 1. The number of hydrogen-bond donors (Lipinski definition) is 1. The van der Waals surface area contributed by atoms with Crippen LogP contribution in [0, 0.1) is 5.41 Å². The zero-order valence-electron chi connectivity index (χ0n) is 11.6. The highest BCUT2D eigenvalue weighted by Gasteiger charge is 2.43. The Labute approximate surface area is 118 Å². The summed E-state index contributed by atoms with van der Waals surface area (Å²) >= 11 is 0. The molecule has 1 spiro atoms. The summed E-state index contributed by atoms with van der Waals surface area (Å²) in [6.45, 7) is 3.15. The van der Waals surface area contributed by atoms with E-state index in [2.05, 4.69) is 10.1 Å². The molecule has 2 aliphatic heterocycles. The van der Waals surface area contributed by atoms with Crippen molar-refractivity contribution in [3.63, 3.8) is 0 Å². The molecule has 0 bridgehead atoms. The van der Waals surface area contributed by atoms with Crippen LogP contribution >= 0.6 is 0 Å². The van der Waals surface area contributed by atoms with Crippen LogP contribution in [0.1, 0.15) is 26.2 Å². The van der Waals surface area contributed by atoms with Gasteiger partial charge in [-0.2, -0.15) is 0 Å². The lowest BCUT2D eigenvalue weighted by atomic mass is 9.78. The van der Waals surface area contributed by atoms with Crippen molar-refractivity contribution in [1.82, 2.24) is 9.62 Å². The Bertz CT molecular complexity index is 494. The Morgan fingerprint density at radius 2 is 2.05 bits per heavy atom. The van der Waals surface area contributed by atoms with E-state index in [0.717, 1.165) is 0 Å². The summed E-state index contributed by atoms with van der Waals surface area (Å²) in [5, 5.41) is 2.80. The van der Waals surface area contributed by atoms with E-state index in [0.29, 0.717) is 38.9 Å². The summed E-state index contributed by atoms with van der Waals surface area (Å²) in [5.41, 5.74) is -0.104. The van der Waals surface area contributed by atoms with Crippen LogP contribution in [0.2, 0.25) is 0 Å². The quantitative estimate of drug-likeness (QED) is 0.706. The van der Waals surface area contributed by atoms with Crippen molar-refractivity contribution in [1.29, 1.82) is 0 Å². The fourth-order valence-corrected chi connectivity index (χ4v) is 4.09. The molecule has 0 aromatic carbocycles. The number of ether oxygens (including phenoxy) is 1. The maximum atomic E-state index is 12.1. The zero-order valence-corrected chi connectivity index (χ0v) is 12.4. The van der Waals surface area contributed by atoms with Gasteiger partial charge in [0.05, 0.1) is 6.61 Å². The number of nitrogens with zero attached hydrogens (tertiary/aromatic N) is 1. The Hall–Kier alpha value is -1.15. The van der Waals surface area contributed by atoms with Gasteiger partial charge >= 0.3 is 5.97 Å². The number of sulfonamides is 1. The Morgan fingerprint density at radius 1 is 1.40 bits per heavy atom. The highest BCUT2D eigenvalue weighted by atomic mass is 32.2. The predicted octanol–water partition coefficient (Wildman–Crippen LogP) is -0.519. The molecule has 8 heteroatoms. The van der Waals surface area contributed by atoms with Crippen LogP contribution in [0.25, 0.3) is 0 Å².